The Morgan fingerprint density at radius 1 is 0.875 bits per heavy atom. The first kappa shape index (κ1) is 17.7. The van der Waals surface area contributed by atoms with Crippen molar-refractivity contribution >= 4 is 17.5 Å². The number of H-pyrrole nitrogens is 2. The van der Waals surface area contributed by atoms with Crippen molar-refractivity contribution in [1.29, 1.82) is 0 Å². The monoisotopic (exact) mass is 330 g/mol. The molecule has 0 radical (unpaired) electrons. The van der Waals surface area contributed by atoms with Gasteiger partial charge in [-0.1, -0.05) is 0 Å². The van der Waals surface area contributed by atoms with E-state index in [9.17, 15) is 14.4 Å². The molecule has 0 aliphatic rings. The van der Waals surface area contributed by atoms with Crippen LogP contribution in [0.15, 0.2) is 0 Å². The Balaban J connectivity index is 2.54. The van der Waals surface area contributed by atoms with Gasteiger partial charge >= 0.3 is 5.97 Å². The molecule has 2 heterocycles. The Hall–Kier alpha value is -2.63. The number of aromatic amines is 2. The van der Waals surface area contributed by atoms with Crippen molar-refractivity contribution in [3.05, 3.63) is 45.0 Å². The highest BCUT2D eigenvalue weighted by Crippen LogP contribution is 2.26. The molecule has 2 rings (SSSR count). The minimum Gasteiger partial charge on any atom is -0.461 e. The number of hydrogen-bond donors (Lipinski definition) is 2. The number of hydrogen-bond acceptors (Lipinski definition) is 4. The lowest BCUT2D eigenvalue weighted by Crippen LogP contribution is -2.09. The fourth-order valence-corrected chi connectivity index (χ4v) is 3.13. The maximum absolute atomic E-state index is 13.0. The molecule has 2 aromatic rings. The summed E-state index contributed by atoms with van der Waals surface area (Å²) in [6, 6.07) is 0. The van der Waals surface area contributed by atoms with Gasteiger partial charge in [0.2, 0.25) is 5.78 Å². The fourth-order valence-electron chi connectivity index (χ4n) is 3.13. The molecule has 6 nitrogen and oxygen atoms in total. The van der Waals surface area contributed by atoms with E-state index in [-0.39, 0.29) is 23.9 Å². The number of nitrogens with one attached hydrogen (secondary N) is 2. The Morgan fingerprint density at radius 2 is 1.38 bits per heavy atom. The van der Waals surface area contributed by atoms with Gasteiger partial charge in [-0.05, 0) is 52.7 Å². The molecule has 0 aliphatic carbocycles. The van der Waals surface area contributed by atoms with E-state index >= 15 is 0 Å². The zero-order valence-corrected chi connectivity index (χ0v) is 14.8. The van der Waals surface area contributed by atoms with Gasteiger partial charge in [0, 0.05) is 22.5 Å². The molecule has 128 valence electrons. The molecule has 0 fully saturated rings. The highest BCUT2D eigenvalue weighted by atomic mass is 16.5. The smallest absolute Gasteiger partial charge is 0.355 e. The largest absolute Gasteiger partial charge is 0.461 e. The van der Waals surface area contributed by atoms with Crippen molar-refractivity contribution in [2.24, 2.45) is 0 Å². The van der Waals surface area contributed by atoms with Crippen molar-refractivity contribution in [2.45, 2.75) is 41.5 Å². The van der Waals surface area contributed by atoms with Crippen molar-refractivity contribution in [2.75, 3.05) is 6.61 Å². The molecule has 0 aliphatic heterocycles. The van der Waals surface area contributed by atoms with Crippen LogP contribution in [0.1, 0.15) is 73.3 Å². The summed E-state index contributed by atoms with van der Waals surface area (Å²) in [6.45, 7) is 10.4. The number of aryl methyl sites for hydroxylation is 2. The van der Waals surface area contributed by atoms with Gasteiger partial charge in [0.15, 0.2) is 5.78 Å². The van der Waals surface area contributed by atoms with Crippen LogP contribution in [0.4, 0.5) is 0 Å². The Labute approximate surface area is 140 Å². The lowest BCUT2D eigenvalue weighted by atomic mass is 9.99. The van der Waals surface area contributed by atoms with Crippen LogP contribution in [0.3, 0.4) is 0 Å². The first-order valence-electron chi connectivity index (χ1n) is 7.81. The number of Topliss-reactive ketones (excluding diaryl/α,β-unsaturated/α-hetero) is 1. The van der Waals surface area contributed by atoms with E-state index in [1.807, 2.05) is 0 Å². The summed E-state index contributed by atoms with van der Waals surface area (Å²) < 4.78 is 5.01. The van der Waals surface area contributed by atoms with Gasteiger partial charge in [-0.15, -0.1) is 0 Å². The minimum absolute atomic E-state index is 0.0879. The summed E-state index contributed by atoms with van der Waals surface area (Å²) in [6.07, 6.45) is 0. The first-order valence-corrected chi connectivity index (χ1v) is 7.81. The summed E-state index contributed by atoms with van der Waals surface area (Å²) >= 11 is 0. The number of ketones is 2. The van der Waals surface area contributed by atoms with E-state index in [0.29, 0.717) is 39.3 Å². The predicted octanol–water partition coefficient (Wildman–Crippen LogP) is 3.19. The van der Waals surface area contributed by atoms with Gasteiger partial charge in [-0.25, -0.2) is 4.79 Å². The van der Waals surface area contributed by atoms with Crippen LogP contribution in [0.5, 0.6) is 0 Å². The fraction of sp³-hybridized carbons (Fsp3) is 0.389. The summed E-state index contributed by atoms with van der Waals surface area (Å²) in [4.78, 5) is 42.7. The van der Waals surface area contributed by atoms with Crippen molar-refractivity contribution < 1.29 is 19.1 Å². The third-order valence-electron chi connectivity index (χ3n) is 4.16. The van der Waals surface area contributed by atoms with E-state index in [1.54, 1.807) is 34.6 Å². The average molecular weight is 330 g/mol. The van der Waals surface area contributed by atoms with Crippen molar-refractivity contribution in [1.82, 2.24) is 9.97 Å². The summed E-state index contributed by atoms with van der Waals surface area (Å²) in [5, 5.41) is 0. The minimum atomic E-state index is -0.485. The molecule has 0 saturated carbocycles. The van der Waals surface area contributed by atoms with Gasteiger partial charge < -0.3 is 14.7 Å². The van der Waals surface area contributed by atoms with Crippen molar-refractivity contribution in [3.63, 3.8) is 0 Å². The number of carbonyl (C=O) groups excluding carboxylic acids is 3. The summed E-state index contributed by atoms with van der Waals surface area (Å²) in [7, 11) is 0. The second-order valence-electron chi connectivity index (χ2n) is 5.86. The van der Waals surface area contributed by atoms with Crippen LogP contribution in [-0.2, 0) is 4.74 Å². The number of ether oxygens (including phenoxy) is 1. The normalized spacial score (nSPS) is 10.8. The number of esters is 1. The van der Waals surface area contributed by atoms with Gasteiger partial charge in [-0.2, -0.15) is 0 Å². The second kappa shape index (κ2) is 6.47. The molecule has 2 aromatic heterocycles. The molecule has 0 atom stereocenters. The standard InChI is InChI=1S/C18H22N2O4/c1-7-24-18(23)16-9(3)14(11(5)20-16)17(22)15-8(2)13(12(6)21)10(4)19-15/h19-20H,7H2,1-6H3. The van der Waals surface area contributed by atoms with E-state index < -0.39 is 5.97 Å². The van der Waals surface area contributed by atoms with Gasteiger partial charge in [0.1, 0.15) is 5.69 Å². The highest BCUT2D eigenvalue weighted by Gasteiger charge is 2.27. The highest BCUT2D eigenvalue weighted by molar-refractivity contribution is 6.13. The van der Waals surface area contributed by atoms with Crippen LogP contribution < -0.4 is 0 Å². The Morgan fingerprint density at radius 3 is 1.88 bits per heavy atom. The molecular weight excluding hydrogens is 308 g/mol. The van der Waals surface area contributed by atoms with E-state index in [2.05, 4.69) is 9.97 Å². The SMILES string of the molecule is CCOC(=O)c1[nH]c(C)c(C(=O)c2[nH]c(C)c(C(C)=O)c2C)c1C. The molecule has 0 bridgehead atoms. The van der Waals surface area contributed by atoms with E-state index in [0.717, 1.165) is 0 Å². The number of carbonyl (C=O) groups is 3. The van der Waals surface area contributed by atoms with Crippen LogP contribution in [0.25, 0.3) is 0 Å². The van der Waals surface area contributed by atoms with Crippen LogP contribution in [-0.4, -0.2) is 34.1 Å². The molecular formula is C18H22N2O4. The quantitative estimate of drug-likeness (QED) is 0.650. The summed E-state index contributed by atoms with van der Waals surface area (Å²) in [5.74, 6) is -0.819. The Kier molecular flexibility index (Phi) is 4.78. The molecule has 24 heavy (non-hydrogen) atoms. The zero-order valence-electron chi connectivity index (χ0n) is 14.8. The third kappa shape index (κ3) is 2.79. The molecule has 6 heteroatoms. The van der Waals surface area contributed by atoms with Crippen LogP contribution in [0, 0.1) is 27.7 Å². The molecule has 0 spiro atoms. The Bertz CT molecular complexity index is 840. The summed E-state index contributed by atoms with van der Waals surface area (Å²) in [5.41, 5.74) is 4.06. The van der Waals surface area contributed by atoms with Gasteiger partial charge in [-0.3, -0.25) is 9.59 Å². The number of rotatable bonds is 5. The molecule has 0 unspecified atom stereocenters. The zero-order chi connectivity index (χ0) is 18.2. The lowest BCUT2D eigenvalue weighted by Gasteiger charge is -2.03. The van der Waals surface area contributed by atoms with Gasteiger partial charge in [0.05, 0.1) is 12.3 Å². The first-order chi connectivity index (χ1) is 11.2. The van der Waals surface area contributed by atoms with Crippen LogP contribution in [0.2, 0.25) is 0 Å². The molecule has 0 amide bonds. The third-order valence-corrected chi connectivity index (χ3v) is 4.16. The van der Waals surface area contributed by atoms with Crippen LogP contribution >= 0.6 is 0 Å². The predicted molar refractivity (Wildman–Crippen MR) is 89.9 cm³/mol. The molecule has 0 saturated heterocycles. The maximum atomic E-state index is 13.0. The van der Waals surface area contributed by atoms with E-state index in [1.165, 1.54) is 6.92 Å². The molecule has 0 aromatic carbocycles. The average Bonchev–Trinajstić information content (AvgIpc) is 2.95. The second-order valence-corrected chi connectivity index (χ2v) is 5.86. The molecule has 2 N–H and O–H groups in total. The topological polar surface area (TPSA) is 92.0 Å². The van der Waals surface area contributed by atoms with Crippen molar-refractivity contribution in [3.8, 4) is 0 Å². The lowest BCUT2D eigenvalue weighted by molar-refractivity contribution is 0.0519. The van der Waals surface area contributed by atoms with E-state index in [4.69, 9.17) is 4.74 Å². The van der Waals surface area contributed by atoms with Gasteiger partial charge in [0.25, 0.3) is 0 Å². The maximum Gasteiger partial charge on any atom is 0.355 e. The number of aromatic nitrogens is 2.